The van der Waals surface area contributed by atoms with Crippen LogP contribution in [0.2, 0.25) is 0 Å². The Kier molecular flexibility index (Phi) is 2.80. The van der Waals surface area contributed by atoms with E-state index in [1.165, 1.54) is 9.40 Å². The van der Waals surface area contributed by atoms with Crippen LogP contribution >= 0.6 is 22.7 Å². The average molecular weight is 312 g/mol. The summed E-state index contributed by atoms with van der Waals surface area (Å²) in [5, 5.41) is 6.71. The summed E-state index contributed by atoms with van der Waals surface area (Å²) < 4.78 is 4.28. The van der Waals surface area contributed by atoms with Crippen molar-refractivity contribution in [3.8, 4) is 21.8 Å². The van der Waals surface area contributed by atoms with Gasteiger partial charge >= 0.3 is 0 Å². The van der Waals surface area contributed by atoms with Gasteiger partial charge in [-0.2, -0.15) is 5.10 Å². The number of hydrogen-bond acceptors (Lipinski definition) is 5. The van der Waals surface area contributed by atoms with Gasteiger partial charge in [0.2, 0.25) is 0 Å². The van der Waals surface area contributed by atoms with Gasteiger partial charge < -0.3 is 5.73 Å². The highest BCUT2D eigenvalue weighted by Crippen LogP contribution is 2.41. The number of nitrogens with zero attached hydrogens (tertiary/aromatic N) is 3. The molecule has 0 aliphatic heterocycles. The number of rotatable bonds is 2. The molecule has 104 valence electrons. The van der Waals surface area contributed by atoms with Crippen molar-refractivity contribution >= 4 is 37.9 Å². The molecule has 0 aliphatic carbocycles. The molecule has 6 heteroatoms. The zero-order valence-corrected chi connectivity index (χ0v) is 12.9. The van der Waals surface area contributed by atoms with Crippen LogP contribution in [0.4, 0.5) is 5.82 Å². The second-order valence-electron chi connectivity index (χ2n) is 4.71. The molecule has 0 bridgehead atoms. The fraction of sp³-hybridized carbons (Fsp3) is 0.0667. The van der Waals surface area contributed by atoms with Crippen LogP contribution in [0, 0.1) is 0 Å². The number of thiophene rings is 2. The van der Waals surface area contributed by atoms with Gasteiger partial charge in [-0.1, -0.05) is 6.07 Å². The smallest absolute Gasteiger partial charge is 0.131 e. The number of pyridine rings is 1. The van der Waals surface area contributed by atoms with Gasteiger partial charge in [-0.15, -0.1) is 22.7 Å². The van der Waals surface area contributed by atoms with E-state index in [0.717, 1.165) is 21.8 Å². The number of aromatic nitrogens is 3. The molecule has 0 radical (unpaired) electrons. The third-order valence-electron chi connectivity index (χ3n) is 3.39. The minimum absolute atomic E-state index is 0.639. The van der Waals surface area contributed by atoms with E-state index in [1.807, 2.05) is 25.2 Å². The highest BCUT2D eigenvalue weighted by molar-refractivity contribution is 7.28. The van der Waals surface area contributed by atoms with E-state index < -0.39 is 0 Å². The Balaban J connectivity index is 1.97. The van der Waals surface area contributed by atoms with E-state index in [9.17, 15) is 0 Å². The molecule has 0 atom stereocenters. The summed E-state index contributed by atoms with van der Waals surface area (Å²) in [5.41, 5.74) is 8.88. The van der Waals surface area contributed by atoms with Crippen LogP contribution in [0.5, 0.6) is 0 Å². The minimum Gasteiger partial charge on any atom is -0.383 e. The molecule has 2 N–H and O–H groups in total. The first-order valence-corrected chi connectivity index (χ1v) is 8.15. The summed E-state index contributed by atoms with van der Waals surface area (Å²) in [4.78, 5) is 5.55. The molecule has 4 aromatic heterocycles. The molecule has 0 aliphatic rings. The monoisotopic (exact) mass is 312 g/mol. The Morgan fingerprint density at radius 1 is 1.19 bits per heavy atom. The van der Waals surface area contributed by atoms with Crippen molar-refractivity contribution in [1.82, 2.24) is 14.8 Å². The predicted octanol–water partition coefficient (Wildman–Crippen LogP) is 4.01. The highest BCUT2D eigenvalue weighted by Gasteiger charge is 2.20. The summed E-state index contributed by atoms with van der Waals surface area (Å²) >= 11 is 3.48. The Labute approximate surface area is 129 Å². The van der Waals surface area contributed by atoms with Crippen LogP contribution in [0.1, 0.15) is 0 Å². The second kappa shape index (κ2) is 4.68. The number of anilines is 1. The summed E-state index contributed by atoms with van der Waals surface area (Å²) in [6.45, 7) is 0. The lowest BCUT2D eigenvalue weighted by Gasteiger charge is -2.01. The molecule has 4 heterocycles. The van der Waals surface area contributed by atoms with Crippen LogP contribution in [0.3, 0.4) is 0 Å². The van der Waals surface area contributed by atoms with Gasteiger partial charge in [0.05, 0.1) is 16.1 Å². The van der Waals surface area contributed by atoms with Crippen molar-refractivity contribution in [2.75, 3.05) is 5.73 Å². The maximum absolute atomic E-state index is 6.21. The molecule has 4 aromatic rings. The zero-order valence-electron chi connectivity index (χ0n) is 11.3. The van der Waals surface area contributed by atoms with Crippen molar-refractivity contribution in [3.63, 3.8) is 0 Å². The third kappa shape index (κ3) is 1.95. The lowest BCUT2D eigenvalue weighted by Crippen LogP contribution is -1.98. The third-order valence-corrected chi connectivity index (χ3v) is 5.49. The van der Waals surface area contributed by atoms with E-state index in [2.05, 4.69) is 27.6 Å². The molecule has 0 amide bonds. The topological polar surface area (TPSA) is 56.7 Å². The van der Waals surface area contributed by atoms with Crippen molar-refractivity contribution in [2.45, 2.75) is 0 Å². The fourth-order valence-electron chi connectivity index (χ4n) is 2.36. The van der Waals surface area contributed by atoms with Crippen molar-refractivity contribution < 1.29 is 0 Å². The molecule has 0 saturated heterocycles. The summed E-state index contributed by atoms with van der Waals surface area (Å²) in [6.07, 6.45) is 1.78. The van der Waals surface area contributed by atoms with Gasteiger partial charge in [-0.3, -0.25) is 9.67 Å². The lowest BCUT2D eigenvalue weighted by atomic mass is 10.1. The van der Waals surface area contributed by atoms with E-state index >= 15 is 0 Å². The molecule has 21 heavy (non-hydrogen) atoms. The van der Waals surface area contributed by atoms with E-state index in [4.69, 9.17) is 5.73 Å². The molecular formula is C15H12N4S2. The maximum Gasteiger partial charge on any atom is 0.131 e. The van der Waals surface area contributed by atoms with Gasteiger partial charge in [0, 0.05) is 22.6 Å². The van der Waals surface area contributed by atoms with Crippen molar-refractivity contribution in [3.05, 3.63) is 41.9 Å². The van der Waals surface area contributed by atoms with Crippen LogP contribution in [0.25, 0.3) is 31.2 Å². The summed E-state index contributed by atoms with van der Waals surface area (Å²) in [7, 11) is 1.86. The molecule has 4 nitrogen and oxygen atoms in total. The van der Waals surface area contributed by atoms with Gasteiger partial charge in [-0.05, 0) is 29.6 Å². The first-order valence-electron chi connectivity index (χ1n) is 6.45. The van der Waals surface area contributed by atoms with E-state index in [0.29, 0.717) is 5.82 Å². The van der Waals surface area contributed by atoms with Gasteiger partial charge in [0.1, 0.15) is 11.5 Å². The number of hydrogen-bond donors (Lipinski definition) is 1. The SMILES string of the molecule is Cn1nc(-c2cc3sccc3s2)c(-c2ccccn2)c1N. The van der Waals surface area contributed by atoms with Crippen LogP contribution < -0.4 is 5.73 Å². The lowest BCUT2D eigenvalue weighted by molar-refractivity contribution is 0.783. The number of nitrogen functional groups attached to an aromatic ring is 1. The van der Waals surface area contributed by atoms with Crippen LogP contribution in [0.15, 0.2) is 41.9 Å². The Morgan fingerprint density at radius 2 is 2.10 bits per heavy atom. The normalized spacial score (nSPS) is 11.3. The molecule has 0 saturated carbocycles. The van der Waals surface area contributed by atoms with Crippen LogP contribution in [-0.2, 0) is 7.05 Å². The minimum atomic E-state index is 0.639. The largest absolute Gasteiger partial charge is 0.383 e. The Hall–Kier alpha value is -2.18. The summed E-state index contributed by atoms with van der Waals surface area (Å²) in [5.74, 6) is 0.639. The molecule has 0 unspecified atom stereocenters. The number of aryl methyl sites for hydroxylation is 1. The van der Waals surface area contributed by atoms with E-state index in [-0.39, 0.29) is 0 Å². The number of nitrogens with two attached hydrogens (primary N) is 1. The first kappa shape index (κ1) is 12.6. The fourth-order valence-corrected chi connectivity index (χ4v) is 4.45. The standard InChI is InChI=1S/C15H12N4S2/c1-19-15(16)13(9-4-2-3-6-17-9)14(18-19)12-8-11-10(21-12)5-7-20-11/h2-8H,16H2,1H3. The van der Waals surface area contributed by atoms with Gasteiger partial charge in [0.25, 0.3) is 0 Å². The Morgan fingerprint density at radius 3 is 2.86 bits per heavy atom. The Bertz CT molecular complexity index is 889. The molecular weight excluding hydrogens is 300 g/mol. The zero-order chi connectivity index (χ0) is 14.4. The second-order valence-corrected chi connectivity index (χ2v) is 6.74. The molecule has 4 rings (SSSR count). The quantitative estimate of drug-likeness (QED) is 0.608. The van der Waals surface area contributed by atoms with Gasteiger partial charge in [0.15, 0.2) is 0 Å². The van der Waals surface area contributed by atoms with Crippen molar-refractivity contribution in [1.29, 1.82) is 0 Å². The molecule has 0 spiro atoms. The average Bonchev–Trinajstić information content (AvgIpc) is 3.14. The molecule has 0 aromatic carbocycles. The molecule has 0 fully saturated rings. The van der Waals surface area contributed by atoms with Gasteiger partial charge in [-0.25, -0.2) is 0 Å². The van der Waals surface area contributed by atoms with Crippen LogP contribution in [-0.4, -0.2) is 14.8 Å². The highest BCUT2D eigenvalue weighted by atomic mass is 32.1. The van der Waals surface area contributed by atoms with E-state index in [1.54, 1.807) is 33.6 Å². The number of fused-ring (bicyclic) bond motifs is 1. The predicted molar refractivity (Wildman–Crippen MR) is 89.5 cm³/mol. The summed E-state index contributed by atoms with van der Waals surface area (Å²) in [6, 6.07) is 10.1. The van der Waals surface area contributed by atoms with Crippen molar-refractivity contribution in [2.24, 2.45) is 7.05 Å². The first-order chi connectivity index (χ1) is 10.2. The maximum atomic E-state index is 6.21.